The van der Waals surface area contributed by atoms with E-state index in [9.17, 15) is 9.59 Å². The number of hydrogen-bond donors (Lipinski definition) is 1. The van der Waals surface area contributed by atoms with E-state index in [1.165, 1.54) is 0 Å². The first-order valence-corrected chi connectivity index (χ1v) is 10.7. The number of rotatable bonds is 6. The summed E-state index contributed by atoms with van der Waals surface area (Å²) in [5.74, 6) is -0.623. The van der Waals surface area contributed by atoms with Crippen LogP contribution in [0.5, 0.6) is 0 Å². The Labute approximate surface area is 190 Å². The normalized spacial score (nSPS) is 11.8. The van der Waals surface area contributed by atoms with Gasteiger partial charge >= 0.3 is 5.97 Å². The number of benzene rings is 3. The molecule has 7 heteroatoms. The monoisotopic (exact) mass is 447 g/mol. The summed E-state index contributed by atoms with van der Waals surface area (Å²) in [5, 5.41) is 9.12. The molecule has 1 heterocycles. The molecule has 0 unspecified atom stereocenters. The third-order valence-electron chi connectivity index (χ3n) is 5.13. The molecule has 0 aliphatic rings. The molecule has 32 heavy (non-hydrogen) atoms. The second-order valence-electron chi connectivity index (χ2n) is 7.28. The summed E-state index contributed by atoms with van der Waals surface area (Å²) in [4.78, 5) is 24.8. The summed E-state index contributed by atoms with van der Waals surface area (Å²) in [6.07, 6.45) is 0. The number of carbonyl (C=O) groups is 2. The van der Waals surface area contributed by atoms with Crippen LogP contribution in [0.15, 0.2) is 72.8 Å². The molecule has 0 aliphatic heterocycles. The molecule has 0 saturated carbocycles. The molecule has 0 bridgehead atoms. The van der Waals surface area contributed by atoms with Gasteiger partial charge in [-0.25, -0.2) is 4.79 Å². The highest BCUT2D eigenvalue weighted by Crippen LogP contribution is 2.32. The number of nitrogens with one attached hydrogen (secondary N) is 1. The van der Waals surface area contributed by atoms with Gasteiger partial charge in [0, 0.05) is 21.7 Å². The first kappa shape index (κ1) is 21.6. The average molecular weight is 448 g/mol. The summed E-state index contributed by atoms with van der Waals surface area (Å²) in [5.41, 5.74) is 3.54. The van der Waals surface area contributed by atoms with Crippen LogP contribution in [0.2, 0.25) is 5.02 Å². The number of hydrogen-bond acceptors (Lipinski definition) is 4. The third kappa shape index (κ3) is 4.36. The van der Waals surface area contributed by atoms with Crippen LogP contribution in [-0.2, 0) is 9.53 Å². The molecule has 1 aromatic heterocycles. The molecule has 162 valence electrons. The smallest absolute Gasteiger partial charge is 0.338 e. The maximum absolute atomic E-state index is 13.0. The number of fused-ring (bicyclic) bond motifs is 1. The summed E-state index contributed by atoms with van der Waals surface area (Å²) < 4.78 is 6.69. The molecule has 1 amide bonds. The van der Waals surface area contributed by atoms with Crippen molar-refractivity contribution in [3.05, 3.63) is 83.4 Å². The standard InChI is InChI=1S/C25H22ClN3O3/c1-3-32-25(31)18-9-12-20(13-10-18)27-24(30)16(2)29-22-14-11-19(26)15-21(22)23(28-29)17-7-5-4-6-8-17/h4-16H,3H2,1-2H3,(H,27,30)/t16-/m0/s1. The Kier molecular flexibility index (Phi) is 6.23. The van der Waals surface area contributed by atoms with E-state index >= 15 is 0 Å². The number of halogens is 1. The molecule has 0 spiro atoms. The summed E-state index contributed by atoms with van der Waals surface area (Å²) in [6, 6.07) is 21.3. The SMILES string of the molecule is CCOC(=O)c1ccc(NC(=O)[C@H](C)n2nc(-c3ccccc3)c3cc(Cl)ccc32)cc1. The highest BCUT2D eigenvalue weighted by molar-refractivity contribution is 6.31. The minimum atomic E-state index is -0.583. The molecular weight excluding hydrogens is 426 g/mol. The fourth-order valence-electron chi connectivity index (χ4n) is 3.48. The molecule has 0 fully saturated rings. The molecule has 0 radical (unpaired) electrons. The topological polar surface area (TPSA) is 73.2 Å². The van der Waals surface area contributed by atoms with Gasteiger partial charge in [-0.05, 0) is 56.3 Å². The van der Waals surface area contributed by atoms with Gasteiger partial charge in [-0.1, -0.05) is 41.9 Å². The highest BCUT2D eigenvalue weighted by atomic mass is 35.5. The van der Waals surface area contributed by atoms with E-state index in [1.807, 2.05) is 42.5 Å². The molecule has 4 rings (SSSR count). The van der Waals surface area contributed by atoms with Crippen molar-refractivity contribution in [1.29, 1.82) is 0 Å². The second kappa shape index (κ2) is 9.24. The van der Waals surface area contributed by atoms with E-state index in [0.717, 1.165) is 22.2 Å². The van der Waals surface area contributed by atoms with Gasteiger partial charge in [0.25, 0.3) is 0 Å². The van der Waals surface area contributed by atoms with Crippen LogP contribution < -0.4 is 5.32 Å². The van der Waals surface area contributed by atoms with Gasteiger partial charge < -0.3 is 10.1 Å². The fraction of sp³-hybridized carbons (Fsp3) is 0.160. The number of carbonyl (C=O) groups excluding carboxylic acids is 2. The summed E-state index contributed by atoms with van der Waals surface area (Å²) in [7, 11) is 0. The van der Waals surface area contributed by atoms with Gasteiger partial charge in [0.1, 0.15) is 11.7 Å². The highest BCUT2D eigenvalue weighted by Gasteiger charge is 2.21. The third-order valence-corrected chi connectivity index (χ3v) is 5.36. The number of aromatic nitrogens is 2. The van der Waals surface area contributed by atoms with E-state index < -0.39 is 12.0 Å². The van der Waals surface area contributed by atoms with Crippen LogP contribution in [0.3, 0.4) is 0 Å². The van der Waals surface area contributed by atoms with Gasteiger partial charge in [-0.3, -0.25) is 9.48 Å². The lowest BCUT2D eigenvalue weighted by molar-refractivity contribution is -0.118. The Morgan fingerprint density at radius 2 is 1.78 bits per heavy atom. The van der Waals surface area contributed by atoms with Crippen molar-refractivity contribution >= 4 is 40.1 Å². The molecule has 6 nitrogen and oxygen atoms in total. The van der Waals surface area contributed by atoms with Gasteiger partial charge in [-0.2, -0.15) is 5.10 Å². The predicted molar refractivity (Wildman–Crippen MR) is 126 cm³/mol. The zero-order valence-corrected chi connectivity index (χ0v) is 18.5. The predicted octanol–water partition coefficient (Wildman–Crippen LogP) is 5.73. The molecule has 1 N–H and O–H groups in total. The minimum absolute atomic E-state index is 0.229. The van der Waals surface area contributed by atoms with Crippen LogP contribution >= 0.6 is 11.6 Å². The van der Waals surface area contributed by atoms with E-state index in [1.54, 1.807) is 48.9 Å². The Bertz CT molecular complexity index is 1270. The lowest BCUT2D eigenvalue weighted by atomic mass is 10.1. The quantitative estimate of drug-likeness (QED) is 0.383. The van der Waals surface area contributed by atoms with Crippen molar-refractivity contribution in [3.8, 4) is 11.3 Å². The van der Waals surface area contributed by atoms with Crippen molar-refractivity contribution < 1.29 is 14.3 Å². The summed E-state index contributed by atoms with van der Waals surface area (Å²) >= 11 is 6.24. The first-order chi connectivity index (χ1) is 15.5. The molecule has 0 aliphatic carbocycles. The maximum atomic E-state index is 13.0. The lowest BCUT2D eigenvalue weighted by Gasteiger charge is -2.14. The van der Waals surface area contributed by atoms with E-state index in [0.29, 0.717) is 22.9 Å². The molecule has 0 saturated heterocycles. The molecule has 4 aromatic rings. The van der Waals surface area contributed by atoms with E-state index in [4.69, 9.17) is 21.4 Å². The van der Waals surface area contributed by atoms with Gasteiger partial charge in [0.15, 0.2) is 0 Å². The van der Waals surface area contributed by atoms with Gasteiger partial charge in [-0.15, -0.1) is 0 Å². The largest absolute Gasteiger partial charge is 0.462 e. The molecular formula is C25H22ClN3O3. The Morgan fingerprint density at radius 1 is 1.06 bits per heavy atom. The van der Waals surface area contributed by atoms with Crippen LogP contribution in [0.4, 0.5) is 5.69 Å². The molecule has 1 atom stereocenters. The van der Waals surface area contributed by atoms with Crippen molar-refractivity contribution in [1.82, 2.24) is 9.78 Å². The van der Waals surface area contributed by atoms with Gasteiger partial charge in [0.05, 0.1) is 17.7 Å². The van der Waals surface area contributed by atoms with E-state index in [-0.39, 0.29) is 5.91 Å². The Balaban J connectivity index is 1.61. The fourth-order valence-corrected chi connectivity index (χ4v) is 3.65. The Hall–Kier alpha value is -3.64. The zero-order chi connectivity index (χ0) is 22.7. The number of esters is 1. The zero-order valence-electron chi connectivity index (χ0n) is 17.7. The average Bonchev–Trinajstić information content (AvgIpc) is 3.18. The van der Waals surface area contributed by atoms with Crippen molar-refractivity contribution in [2.45, 2.75) is 19.9 Å². The second-order valence-corrected chi connectivity index (χ2v) is 7.72. The van der Waals surface area contributed by atoms with Crippen molar-refractivity contribution in [2.24, 2.45) is 0 Å². The van der Waals surface area contributed by atoms with Crippen molar-refractivity contribution in [3.63, 3.8) is 0 Å². The minimum Gasteiger partial charge on any atom is -0.462 e. The number of amides is 1. The lowest BCUT2D eigenvalue weighted by Crippen LogP contribution is -2.24. The Morgan fingerprint density at radius 3 is 2.47 bits per heavy atom. The maximum Gasteiger partial charge on any atom is 0.338 e. The van der Waals surface area contributed by atoms with E-state index in [2.05, 4.69) is 5.32 Å². The number of ether oxygens (including phenoxy) is 1. The van der Waals surface area contributed by atoms with Crippen LogP contribution in [-0.4, -0.2) is 28.3 Å². The van der Waals surface area contributed by atoms with Crippen LogP contribution in [0, 0.1) is 0 Å². The van der Waals surface area contributed by atoms with Crippen LogP contribution in [0.25, 0.3) is 22.2 Å². The molecule has 3 aromatic carbocycles. The van der Waals surface area contributed by atoms with Crippen LogP contribution in [0.1, 0.15) is 30.2 Å². The first-order valence-electron chi connectivity index (χ1n) is 10.3. The van der Waals surface area contributed by atoms with Crippen molar-refractivity contribution in [2.75, 3.05) is 11.9 Å². The summed E-state index contributed by atoms with van der Waals surface area (Å²) in [6.45, 7) is 3.85. The number of anilines is 1. The van der Waals surface area contributed by atoms with Gasteiger partial charge in [0.2, 0.25) is 5.91 Å². The number of nitrogens with zero attached hydrogens (tertiary/aromatic N) is 2.